The number of nitrogens with two attached hydrogens (primary N) is 1. The summed E-state index contributed by atoms with van der Waals surface area (Å²) in [6, 6.07) is 16.9. The minimum atomic E-state index is -3.53. The van der Waals surface area contributed by atoms with Crippen molar-refractivity contribution in [2.24, 2.45) is 22.5 Å². The highest BCUT2D eigenvalue weighted by atomic mass is 35.7. The van der Waals surface area contributed by atoms with Gasteiger partial charge in [-0.2, -0.15) is 0 Å². The third kappa shape index (κ3) is 12.9. The summed E-state index contributed by atoms with van der Waals surface area (Å²) < 4.78 is 57.4. The number of hydrogen-bond acceptors (Lipinski definition) is 9. The fourth-order valence-electron chi connectivity index (χ4n) is 7.91. The van der Waals surface area contributed by atoms with E-state index in [0.29, 0.717) is 24.0 Å². The zero-order valence-corrected chi connectivity index (χ0v) is 34.4. The van der Waals surface area contributed by atoms with E-state index in [1.54, 1.807) is 47.4 Å². The van der Waals surface area contributed by atoms with Crippen molar-refractivity contribution in [3.05, 3.63) is 60.7 Å². The summed E-state index contributed by atoms with van der Waals surface area (Å²) in [5, 5.41) is 0. The molecule has 11 nitrogen and oxygen atoms in total. The largest absolute Gasteiger partial charge is 0.444 e. The summed E-state index contributed by atoms with van der Waals surface area (Å²) in [5.74, 6) is 0.365. The summed E-state index contributed by atoms with van der Waals surface area (Å²) in [7, 11) is -1.75. The molecule has 0 radical (unpaired) electrons. The number of halogens is 1. The molecule has 4 fully saturated rings. The third-order valence-corrected chi connectivity index (χ3v) is 13.6. The van der Waals surface area contributed by atoms with Crippen molar-refractivity contribution >= 4 is 41.8 Å². The van der Waals surface area contributed by atoms with Gasteiger partial charge in [0.1, 0.15) is 11.2 Å². The maximum atomic E-state index is 12.6. The summed E-state index contributed by atoms with van der Waals surface area (Å²) >= 11 is 0. The fraction of sp³-hybridized carbons (Fsp3) is 0.641. The van der Waals surface area contributed by atoms with Crippen molar-refractivity contribution in [2.45, 2.75) is 120 Å². The molecule has 2 heterocycles. The Morgan fingerprint density at radius 3 is 1.55 bits per heavy atom. The molecule has 2 saturated carbocycles. The van der Waals surface area contributed by atoms with Crippen molar-refractivity contribution in [2.75, 3.05) is 31.9 Å². The first-order valence-electron chi connectivity index (χ1n) is 18.5. The lowest BCUT2D eigenvalue weighted by atomic mass is 9.85. The van der Waals surface area contributed by atoms with Crippen LogP contribution in [0.2, 0.25) is 0 Å². The third-order valence-electron chi connectivity index (χ3n) is 10.3. The van der Waals surface area contributed by atoms with Gasteiger partial charge < -0.3 is 25.0 Å². The number of nitrogens with zero attached hydrogens (tertiary/aromatic N) is 2. The molecule has 6 rings (SSSR count). The van der Waals surface area contributed by atoms with Crippen LogP contribution in [0.15, 0.2) is 70.5 Å². The Morgan fingerprint density at radius 2 is 1.15 bits per heavy atom. The molecule has 2 saturated heterocycles. The SMILES string of the molecule is CC(C)(C)OC(=O)N1CCC2(CCC(CS(=O)(=O)c3ccccc3)C2)C1.CC(C)(C)OC(=O)N1CCC2(CCC(N)C2)C1.O=S(=O)(Cl)c1ccccc1. The van der Waals surface area contributed by atoms with Gasteiger partial charge in [0.2, 0.25) is 0 Å². The normalized spacial score (nSPS) is 25.8. The predicted molar refractivity (Wildman–Crippen MR) is 207 cm³/mol. The van der Waals surface area contributed by atoms with Gasteiger partial charge in [-0.05, 0) is 134 Å². The molecule has 0 aromatic heterocycles. The number of carbonyl (C=O) groups is 2. The van der Waals surface area contributed by atoms with E-state index in [4.69, 9.17) is 25.9 Å². The van der Waals surface area contributed by atoms with E-state index >= 15 is 0 Å². The minimum absolute atomic E-state index is 0.0633. The van der Waals surface area contributed by atoms with E-state index in [-0.39, 0.29) is 39.6 Å². The van der Waals surface area contributed by atoms with Gasteiger partial charge in [-0.15, -0.1) is 0 Å². The quantitative estimate of drug-likeness (QED) is 0.308. The summed E-state index contributed by atoms with van der Waals surface area (Å²) in [6.07, 6.45) is 7.69. The lowest BCUT2D eigenvalue weighted by Crippen LogP contribution is -2.36. The van der Waals surface area contributed by atoms with Crippen LogP contribution < -0.4 is 5.73 Å². The molecular weight excluding hydrogens is 738 g/mol. The minimum Gasteiger partial charge on any atom is -0.444 e. The number of likely N-dealkylation sites (tertiary alicyclic amines) is 2. The molecule has 2 spiro atoms. The molecule has 53 heavy (non-hydrogen) atoms. The second kappa shape index (κ2) is 16.9. The maximum Gasteiger partial charge on any atom is 0.410 e. The lowest BCUT2D eigenvalue weighted by molar-refractivity contribution is 0.0263. The molecule has 2 aliphatic carbocycles. The Kier molecular flexibility index (Phi) is 13.6. The average Bonchev–Trinajstić information content (AvgIpc) is 3.85. The van der Waals surface area contributed by atoms with Crippen molar-refractivity contribution in [1.82, 2.24) is 9.80 Å². The number of benzene rings is 2. The highest BCUT2D eigenvalue weighted by Gasteiger charge is 2.47. The Hall–Kier alpha value is -2.87. The van der Waals surface area contributed by atoms with Crippen LogP contribution in [0.25, 0.3) is 0 Å². The molecule has 4 unspecified atom stereocenters. The molecular formula is C39H58ClN3O8S2. The monoisotopic (exact) mass is 795 g/mol. The Bertz CT molecular complexity index is 1760. The molecule has 2 aromatic rings. The first kappa shape index (κ1) is 42.9. The second-order valence-corrected chi connectivity index (χ2v) is 21.9. The van der Waals surface area contributed by atoms with E-state index in [2.05, 4.69) is 0 Å². The van der Waals surface area contributed by atoms with E-state index in [9.17, 15) is 26.4 Å². The van der Waals surface area contributed by atoms with E-state index < -0.39 is 30.1 Å². The number of hydrogen-bond donors (Lipinski definition) is 1. The zero-order chi connectivity index (χ0) is 39.3. The summed E-state index contributed by atoms with van der Waals surface area (Å²) in [4.78, 5) is 28.4. The standard InChI is InChI=1S/C20H29NO4S.C13H24N2O2.C6H5ClO2S/c1-19(2,3)25-18(22)21-12-11-20(15-21)10-9-16(13-20)14-26(23,24)17-7-5-4-6-8-17;1-12(2,3)17-11(16)15-7-6-13(9-15)5-4-10(14)8-13;7-10(8,9)6-4-2-1-3-5-6/h4-8,16H,9-15H2,1-3H3;10H,4-9,14H2,1-3H3;1-5H. The Balaban J connectivity index is 0.000000198. The molecule has 2 aliphatic heterocycles. The predicted octanol–water partition coefficient (Wildman–Crippen LogP) is 7.63. The molecule has 14 heteroatoms. The van der Waals surface area contributed by atoms with Gasteiger partial charge >= 0.3 is 12.2 Å². The van der Waals surface area contributed by atoms with Crippen LogP contribution in [-0.2, 0) is 28.4 Å². The van der Waals surface area contributed by atoms with Gasteiger partial charge in [-0.25, -0.2) is 26.4 Å². The summed E-state index contributed by atoms with van der Waals surface area (Å²) in [5.41, 5.74) is 5.43. The zero-order valence-electron chi connectivity index (χ0n) is 32.1. The van der Waals surface area contributed by atoms with Crippen molar-refractivity contribution in [3.63, 3.8) is 0 Å². The number of ether oxygens (including phenoxy) is 2. The van der Waals surface area contributed by atoms with Crippen molar-refractivity contribution in [3.8, 4) is 0 Å². The molecule has 296 valence electrons. The first-order chi connectivity index (χ1) is 24.5. The fourth-order valence-corrected chi connectivity index (χ4v) is 10.4. The van der Waals surface area contributed by atoms with Gasteiger partial charge in [0.25, 0.3) is 9.05 Å². The lowest BCUT2D eigenvalue weighted by Gasteiger charge is -2.27. The van der Waals surface area contributed by atoms with Crippen LogP contribution in [0.1, 0.15) is 92.9 Å². The molecule has 4 atom stereocenters. The van der Waals surface area contributed by atoms with Crippen LogP contribution in [0.5, 0.6) is 0 Å². The van der Waals surface area contributed by atoms with Gasteiger partial charge in [0, 0.05) is 42.9 Å². The summed E-state index contributed by atoms with van der Waals surface area (Å²) in [6.45, 7) is 14.4. The van der Waals surface area contributed by atoms with E-state index in [1.165, 1.54) is 12.1 Å². The van der Waals surface area contributed by atoms with Gasteiger partial charge in [0.05, 0.1) is 15.5 Å². The number of rotatable bonds is 4. The molecule has 0 bridgehead atoms. The molecule has 2 N–H and O–H groups in total. The van der Waals surface area contributed by atoms with Crippen LogP contribution in [-0.4, -0.2) is 88.0 Å². The highest BCUT2D eigenvalue weighted by Crippen LogP contribution is 2.49. The van der Waals surface area contributed by atoms with Gasteiger partial charge in [-0.1, -0.05) is 36.4 Å². The smallest absolute Gasteiger partial charge is 0.410 e. The molecule has 2 aromatic carbocycles. The number of carbonyl (C=O) groups excluding carboxylic acids is 2. The van der Waals surface area contributed by atoms with Gasteiger partial charge in [-0.3, -0.25) is 0 Å². The van der Waals surface area contributed by atoms with Gasteiger partial charge in [0.15, 0.2) is 9.84 Å². The highest BCUT2D eigenvalue weighted by molar-refractivity contribution is 8.13. The number of sulfone groups is 1. The van der Waals surface area contributed by atoms with Crippen molar-refractivity contribution < 1.29 is 35.9 Å². The van der Waals surface area contributed by atoms with E-state index in [1.807, 2.05) is 52.5 Å². The van der Waals surface area contributed by atoms with Crippen LogP contribution in [0.3, 0.4) is 0 Å². The average molecular weight is 796 g/mol. The second-order valence-electron chi connectivity index (χ2n) is 17.3. The van der Waals surface area contributed by atoms with Crippen LogP contribution in [0, 0.1) is 16.7 Å². The van der Waals surface area contributed by atoms with Crippen molar-refractivity contribution in [1.29, 1.82) is 0 Å². The van der Waals surface area contributed by atoms with Crippen LogP contribution >= 0.6 is 10.7 Å². The van der Waals surface area contributed by atoms with Crippen LogP contribution in [0.4, 0.5) is 9.59 Å². The molecule has 2 amide bonds. The molecule has 4 aliphatic rings. The number of amides is 2. The Labute approximate surface area is 321 Å². The van der Waals surface area contributed by atoms with E-state index in [0.717, 1.165) is 64.5 Å². The first-order valence-corrected chi connectivity index (χ1v) is 22.4. The topological polar surface area (TPSA) is 153 Å². The Morgan fingerprint density at radius 1 is 0.717 bits per heavy atom. The maximum absolute atomic E-state index is 12.6.